The average Bonchev–Trinajstić information content (AvgIpc) is 2.12. The van der Waals surface area contributed by atoms with Crippen LogP contribution in [0.3, 0.4) is 0 Å². The molecule has 0 amide bonds. The highest BCUT2D eigenvalue weighted by atomic mass is 32.2. The van der Waals surface area contributed by atoms with Crippen LogP contribution in [-0.2, 0) is 15.4 Å². The van der Waals surface area contributed by atoms with Gasteiger partial charge in [0.15, 0.2) is 9.84 Å². The zero-order valence-electron chi connectivity index (χ0n) is 9.66. The Morgan fingerprint density at radius 2 is 1.94 bits per heavy atom. The van der Waals surface area contributed by atoms with Crippen LogP contribution in [0, 0.1) is 6.92 Å². The van der Waals surface area contributed by atoms with Gasteiger partial charge in [0.2, 0.25) is 0 Å². The van der Waals surface area contributed by atoms with E-state index in [9.17, 15) is 8.42 Å². The fourth-order valence-corrected chi connectivity index (χ4v) is 3.18. The molecule has 0 saturated heterocycles. The molecule has 1 aliphatic rings. The van der Waals surface area contributed by atoms with Crippen LogP contribution in [0.4, 0.5) is 0 Å². The Balaban J connectivity index is 2.45. The molecule has 16 heavy (non-hydrogen) atoms. The molecule has 1 aromatic rings. The van der Waals surface area contributed by atoms with Crippen LogP contribution >= 0.6 is 0 Å². The maximum Gasteiger partial charge on any atom is 0.175 e. The van der Waals surface area contributed by atoms with Crippen molar-refractivity contribution < 1.29 is 8.42 Å². The largest absolute Gasteiger partial charge is 0.321 e. The van der Waals surface area contributed by atoms with Gasteiger partial charge in [-0.25, -0.2) is 8.42 Å². The van der Waals surface area contributed by atoms with Gasteiger partial charge in [0, 0.05) is 11.8 Å². The Morgan fingerprint density at radius 1 is 1.31 bits per heavy atom. The van der Waals surface area contributed by atoms with E-state index in [1.54, 1.807) is 6.07 Å². The normalized spacial score (nSPS) is 19.2. The molecule has 1 saturated carbocycles. The predicted molar refractivity (Wildman–Crippen MR) is 64.0 cm³/mol. The van der Waals surface area contributed by atoms with Gasteiger partial charge in [0.1, 0.15) is 0 Å². The monoisotopic (exact) mass is 239 g/mol. The lowest BCUT2D eigenvalue weighted by Gasteiger charge is -2.38. The lowest BCUT2D eigenvalue weighted by atomic mass is 9.72. The van der Waals surface area contributed by atoms with E-state index in [2.05, 4.69) is 0 Å². The molecule has 0 bridgehead atoms. The molecule has 0 unspecified atom stereocenters. The molecule has 4 heteroatoms. The van der Waals surface area contributed by atoms with Gasteiger partial charge in [-0.1, -0.05) is 12.1 Å². The molecule has 0 heterocycles. The van der Waals surface area contributed by atoms with Gasteiger partial charge in [0.05, 0.1) is 4.90 Å². The summed E-state index contributed by atoms with van der Waals surface area (Å²) in [4.78, 5) is 0.402. The highest BCUT2D eigenvalue weighted by Crippen LogP contribution is 2.39. The highest BCUT2D eigenvalue weighted by molar-refractivity contribution is 7.90. The molecule has 1 aliphatic carbocycles. The summed E-state index contributed by atoms with van der Waals surface area (Å²) in [6.07, 6.45) is 4.37. The molecule has 3 nitrogen and oxygen atoms in total. The zero-order chi connectivity index (χ0) is 12.0. The molecule has 88 valence electrons. The van der Waals surface area contributed by atoms with Crippen LogP contribution < -0.4 is 5.73 Å². The zero-order valence-corrected chi connectivity index (χ0v) is 10.5. The van der Waals surface area contributed by atoms with Gasteiger partial charge in [-0.3, -0.25) is 0 Å². The standard InChI is InChI=1S/C12H17NO2S/c1-9-8-10(12(13)6-3-7-12)4-5-11(9)16(2,14)15/h4-5,8H,3,6-7,13H2,1-2H3. The van der Waals surface area contributed by atoms with Crippen LogP contribution in [0.15, 0.2) is 23.1 Å². The summed E-state index contributed by atoms with van der Waals surface area (Å²) in [5.74, 6) is 0. The molecular weight excluding hydrogens is 222 g/mol. The van der Waals surface area contributed by atoms with E-state index >= 15 is 0 Å². The molecule has 0 atom stereocenters. The summed E-state index contributed by atoms with van der Waals surface area (Å²) in [5.41, 5.74) is 7.83. The topological polar surface area (TPSA) is 60.2 Å². The summed E-state index contributed by atoms with van der Waals surface area (Å²) >= 11 is 0. The van der Waals surface area contributed by atoms with E-state index in [1.807, 2.05) is 19.1 Å². The number of hydrogen-bond donors (Lipinski definition) is 1. The van der Waals surface area contributed by atoms with Gasteiger partial charge in [-0.15, -0.1) is 0 Å². The molecule has 0 aliphatic heterocycles. The van der Waals surface area contributed by atoms with Crippen LogP contribution in [0.2, 0.25) is 0 Å². The van der Waals surface area contributed by atoms with E-state index in [-0.39, 0.29) is 5.54 Å². The minimum absolute atomic E-state index is 0.221. The first kappa shape index (κ1) is 11.6. The lowest BCUT2D eigenvalue weighted by molar-refractivity contribution is 0.253. The first-order chi connectivity index (χ1) is 7.33. The molecule has 0 spiro atoms. The van der Waals surface area contributed by atoms with Crippen LogP contribution in [0.5, 0.6) is 0 Å². The molecule has 2 rings (SSSR count). The van der Waals surface area contributed by atoms with Gasteiger partial charge in [-0.2, -0.15) is 0 Å². The third kappa shape index (κ3) is 1.87. The van der Waals surface area contributed by atoms with Crippen molar-refractivity contribution in [3.05, 3.63) is 29.3 Å². The summed E-state index contributed by atoms with van der Waals surface area (Å²) in [7, 11) is -3.13. The molecule has 1 aromatic carbocycles. The lowest BCUT2D eigenvalue weighted by Crippen LogP contribution is -2.43. The molecular formula is C12H17NO2S. The second-order valence-corrected chi connectivity index (χ2v) is 6.75. The van der Waals surface area contributed by atoms with Crippen molar-refractivity contribution in [2.24, 2.45) is 5.73 Å². The smallest absolute Gasteiger partial charge is 0.175 e. The minimum atomic E-state index is -3.13. The third-order valence-electron chi connectivity index (χ3n) is 3.40. The maximum atomic E-state index is 11.5. The van der Waals surface area contributed by atoms with E-state index in [1.165, 1.54) is 6.26 Å². The van der Waals surface area contributed by atoms with Crippen molar-refractivity contribution in [1.29, 1.82) is 0 Å². The Bertz CT molecular complexity index is 516. The summed E-state index contributed by atoms with van der Waals surface area (Å²) in [6.45, 7) is 1.82. The Hall–Kier alpha value is -0.870. The van der Waals surface area contributed by atoms with Crippen LogP contribution in [0.25, 0.3) is 0 Å². The highest BCUT2D eigenvalue weighted by Gasteiger charge is 2.34. The molecule has 0 aromatic heterocycles. The van der Waals surface area contributed by atoms with E-state index in [0.717, 1.165) is 30.4 Å². The summed E-state index contributed by atoms with van der Waals surface area (Å²) in [5, 5.41) is 0. The van der Waals surface area contributed by atoms with Gasteiger partial charge in [0.25, 0.3) is 0 Å². The van der Waals surface area contributed by atoms with Crippen LogP contribution in [0.1, 0.15) is 30.4 Å². The average molecular weight is 239 g/mol. The van der Waals surface area contributed by atoms with Crippen molar-refractivity contribution in [3.8, 4) is 0 Å². The second kappa shape index (κ2) is 3.57. The number of aryl methyl sites for hydroxylation is 1. The predicted octanol–water partition coefficient (Wildman–Crippen LogP) is 1.74. The molecule has 1 fully saturated rings. The number of rotatable bonds is 2. The van der Waals surface area contributed by atoms with E-state index in [0.29, 0.717) is 4.90 Å². The van der Waals surface area contributed by atoms with E-state index in [4.69, 9.17) is 5.73 Å². The number of nitrogens with two attached hydrogens (primary N) is 1. The van der Waals surface area contributed by atoms with Gasteiger partial charge >= 0.3 is 0 Å². The second-order valence-electron chi connectivity index (χ2n) is 4.76. The summed E-state index contributed by atoms with van der Waals surface area (Å²) in [6, 6.07) is 5.44. The van der Waals surface area contributed by atoms with Crippen molar-refractivity contribution in [3.63, 3.8) is 0 Å². The number of sulfone groups is 1. The fraction of sp³-hybridized carbons (Fsp3) is 0.500. The minimum Gasteiger partial charge on any atom is -0.321 e. The Morgan fingerprint density at radius 3 is 2.31 bits per heavy atom. The van der Waals surface area contributed by atoms with Crippen molar-refractivity contribution in [2.75, 3.05) is 6.26 Å². The summed E-state index contributed by atoms with van der Waals surface area (Å²) < 4.78 is 22.9. The van der Waals surface area contributed by atoms with Crippen molar-refractivity contribution >= 4 is 9.84 Å². The number of hydrogen-bond acceptors (Lipinski definition) is 3. The molecule has 0 radical (unpaired) electrons. The maximum absolute atomic E-state index is 11.5. The van der Waals surface area contributed by atoms with Crippen molar-refractivity contribution in [2.45, 2.75) is 36.6 Å². The Labute approximate surface area is 96.6 Å². The van der Waals surface area contributed by atoms with Crippen LogP contribution in [-0.4, -0.2) is 14.7 Å². The quantitative estimate of drug-likeness (QED) is 0.855. The first-order valence-electron chi connectivity index (χ1n) is 5.43. The van der Waals surface area contributed by atoms with Crippen molar-refractivity contribution in [1.82, 2.24) is 0 Å². The SMILES string of the molecule is Cc1cc(C2(N)CCC2)ccc1S(C)(=O)=O. The van der Waals surface area contributed by atoms with Gasteiger partial charge in [-0.05, 0) is 43.4 Å². The van der Waals surface area contributed by atoms with Gasteiger partial charge < -0.3 is 5.73 Å². The Kier molecular flexibility index (Phi) is 2.59. The van der Waals surface area contributed by atoms with E-state index < -0.39 is 9.84 Å². The third-order valence-corrected chi connectivity index (χ3v) is 4.65. The number of benzene rings is 1. The fourth-order valence-electron chi connectivity index (χ4n) is 2.22. The molecule has 2 N–H and O–H groups in total. The first-order valence-corrected chi connectivity index (χ1v) is 7.32.